The van der Waals surface area contributed by atoms with E-state index in [-0.39, 0.29) is 26.2 Å². The van der Waals surface area contributed by atoms with Gasteiger partial charge in [0.2, 0.25) is 0 Å². The summed E-state index contributed by atoms with van der Waals surface area (Å²) in [6.07, 6.45) is 2.76. The number of hydrogen-bond donors (Lipinski definition) is 2. The third-order valence-electron chi connectivity index (χ3n) is 3.32. The first-order valence-corrected chi connectivity index (χ1v) is 9.87. The van der Waals surface area contributed by atoms with E-state index >= 15 is 0 Å². The van der Waals surface area contributed by atoms with Gasteiger partial charge in [-0.05, 0) is 18.6 Å². The standard InChI is InChI=1S/C11H17N3O4S3/c1-2-19-9-5-3-4-7(9)13-21(17,18)10-6-8(14(15)16)11(12)20-10/h6-7,9,13H,2-5,12H2,1H3. The highest BCUT2D eigenvalue weighted by molar-refractivity contribution is 8.00. The van der Waals surface area contributed by atoms with Crippen molar-refractivity contribution in [2.45, 2.75) is 41.7 Å². The van der Waals surface area contributed by atoms with Gasteiger partial charge in [0, 0.05) is 17.4 Å². The average Bonchev–Trinajstić information content (AvgIpc) is 2.97. The normalized spacial score (nSPS) is 22.5. The molecule has 1 aromatic heterocycles. The summed E-state index contributed by atoms with van der Waals surface area (Å²) in [7, 11) is -3.76. The van der Waals surface area contributed by atoms with Crippen molar-refractivity contribution in [1.82, 2.24) is 4.72 Å². The molecule has 0 saturated heterocycles. The quantitative estimate of drug-likeness (QED) is 0.599. The number of thioether (sulfide) groups is 1. The van der Waals surface area contributed by atoms with Crippen molar-refractivity contribution in [2.24, 2.45) is 0 Å². The highest BCUT2D eigenvalue weighted by Crippen LogP contribution is 2.36. The fourth-order valence-electron chi connectivity index (χ4n) is 2.38. The molecule has 1 saturated carbocycles. The second kappa shape index (κ2) is 6.51. The molecule has 0 spiro atoms. The van der Waals surface area contributed by atoms with E-state index in [2.05, 4.69) is 4.72 Å². The molecule has 0 aromatic carbocycles. The van der Waals surface area contributed by atoms with Crippen molar-refractivity contribution in [3.05, 3.63) is 16.2 Å². The molecule has 1 aliphatic rings. The third-order valence-corrected chi connectivity index (χ3v) is 7.56. The monoisotopic (exact) mass is 351 g/mol. The predicted octanol–water partition coefficient (Wildman–Crippen LogP) is 2.19. The maximum absolute atomic E-state index is 12.3. The smallest absolute Gasteiger partial charge is 0.304 e. The van der Waals surface area contributed by atoms with E-state index in [1.165, 1.54) is 0 Å². The number of nitrogens with zero attached hydrogens (tertiary/aromatic N) is 1. The molecule has 1 aromatic rings. The minimum absolute atomic E-state index is 0.0914. The number of nitro groups is 1. The van der Waals surface area contributed by atoms with Gasteiger partial charge in [0.15, 0.2) is 5.00 Å². The van der Waals surface area contributed by atoms with Crippen molar-refractivity contribution in [2.75, 3.05) is 11.5 Å². The number of thiophene rings is 1. The minimum Gasteiger partial charge on any atom is -0.385 e. The molecule has 2 atom stereocenters. The number of nitrogens with two attached hydrogens (primary N) is 1. The molecule has 2 unspecified atom stereocenters. The first-order valence-electron chi connectivity index (χ1n) is 6.52. The molecule has 21 heavy (non-hydrogen) atoms. The van der Waals surface area contributed by atoms with E-state index in [4.69, 9.17) is 5.73 Å². The van der Waals surface area contributed by atoms with Crippen LogP contribution in [0.3, 0.4) is 0 Å². The Morgan fingerprint density at radius 1 is 1.57 bits per heavy atom. The van der Waals surface area contributed by atoms with Gasteiger partial charge < -0.3 is 5.73 Å². The van der Waals surface area contributed by atoms with E-state index in [0.29, 0.717) is 0 Å². The Kier molecular flexibility index (Phi) is 5.12. The molecule has 1 aliphatic carbocycles. The summed E-state index contributed by atoms with van der Waals surface area (Å²) < 4.78 is 27.2. The molecule has 118 valence electrons. The summed E-state index contributed by atoms with van der Waals surface area (Å²) in [4.78, 5) is 10.1. The molecule has 0 amide bonds. The molecular weight excluding hydrogens is 334 g/mol. The summed E-state index contributed by atoms with van der Waals surface area (Å²) >= 11 is 2.47. The lowest BCUT2D eigenvalue weighted by Crippen LogP contribution is -2.38. The first-order chi connectivity index (χ1) is 9.85. The van der Waals surface area contributed by atoms with Crippen LogP contribution in [0.25, 0.3) is 0 Å². The number of sulfonamides is 1. The van der Waals surface area contributed by atoms with Crippen molar-refractivity contribution >= 4 is 43.8 Å². The Labute approximate surface area is 131 Å². The van der Waals surface area contributed by atoms with Crippen LogP contribution in [-0.4, -0.2) is 30.4 Å². The summed E-state index contributed by atoms with van der Waals surface area (Å²) in [6, 6.07) is 0.904. The number of rotatable bonds is 6. The molecule has 3 N–H and O–H groups in total. The number of hydrogen-bond acceptors (Lipinski definition) is 7. The SMILES string of the molecule is CCSC1CCCC1NS(=O)(=O)c1cc([N+](=O)[O-])c(N)s1. The lowest BCUT2D eigenvalue weighted by Gasteiger charge is -2.19. The van der Waals surface area contributed by atoms with Gasteiger partial charge in [0.05, 0.1) is 4.92 Å². The Bertz CT molecular complexity index is 629. The molecular formula is C11H17N3O4S3. The molecule has 0 bridgehead atoms. The molecule has 10 heteroatoms. The lowest BCUT2D eigenvalue weighted by atomic mass is 10.3. The van der Waals surface area contributed by atoms with E-state index in [9.17, 15) is 18.5 Å². The summed E-state index contributed by atoms with van der Waals surface area (Å²) in [5.74, 6) is 0.931. The third kappa shape index (κ3) is 3.68. The van der Waals surface area contributed by atoms with Crippen LogP contribution in [0.15, 0.2) is 10.3 Å². The largest absolute Gasteiger partial charge is 0.385 e. The van der Waals surface area contributed by atoms with Crippen LogP contribution in [0.2, 0.25) is 0 Å². The summed E-state index contributed by atoms with van der Waals surface area (Å²) in [5.41, 5.74) is 5.15. The molecule has 7 nitrogen and oxygen atoms in total. The zero-order valence-corrected chi connectivity index (χ0v) is 13.9. The van der Waals surface area contributed by atoms with Crippen molar-refractivity contribution in [3.8, 4) is 0 Å². The van der Waals surface area contributed by atoms with Crippen LogP contribution in [0, 0.1) is 10.1 Å². The fraction of sp³-hybridized carbons (Fsp3) is 0.636. The van der Waals surface area contributed by atoms with Crippen LogP contribution < -0.4 is 10.5 Å². The zero-order chi connectivity index (χ0) is 15.6. The molecule has 2 rings (SSSR count). The maximum Gasteiger partial charge on any atom is 0.304 e. The highest BCUT2D eigenvalue weighted by atomic mass is 32.2. The second-order valence-corrected chi connectivity index (χ2v) is 9.27. The molecule has 1 heterocycles. The Hall–Kier alpha value is -0.840. The summed E-state index contributed by atoms with van der Waals surface area (Å²) in [6.45, 7) is 2.04. The van der Waals surface area contributed by atoms with Gasteiger partial charge >= 0.3 is 5.69 Å². The first kappa shape index (κ1) is 16.5. The highest BCUT2D eigenvalue weighted by Gasteiger charge is 2.33. The number of anilines is 1. The van der Waals surface area contributed by atoms with Gasteiger partial charge in [-0.2, -0.15) is 11.8 Å². The van der Waals surface area contributed by atoms with Crippen LogP contribution in [0.5, 0.6) is 0 Å². The fourth-order valence-corrected chi connectivity index (χ4v) is 6.21. The van der Waals surface area contributed by atoms with Gasteiger partial charge in [-0.3, -0.25) is 10.1 Å². The lowest BCUT2D eigenvalue weighted by molar-refractivity contribution is -0.383. The minimum atomic E-state index is -3.76. The molecule has 0 aliphatic heterocycles. The van der Waals surface area contributed by atoms with Gasteiger partial charge in [0.25, 0.3) is 10.0 Å². The van der Waals surface area contributed by atoms with E-state index < -0.39 is 14.9 Å². The Morgan fingerprint density at radius 3 is 2.86 bits per heavy atom. The average molecular weight is 351 g/mol. The van der Waals surface area contributed by atoms with Crippen molar-refractivity contribution in [1.29, 1.82) is 0 Å². The number of nitrogen functional groups attached to an aromatic ring is 1. The van der Waals surface area contributed by atoms with Crippen molar-refractivity contribution in [3.63, 3.8) is 0 Å². The maximum atomic E-state index is 12.3. The van der Waals surface area contributed by atoms with E-state index in [0.717, 1.165) is 42.4 Å². The van der Waals surface area contributed by atoms with Crippen LogP contribution >= 0.6 is 23.1 Å². The van der Waals surface area contributed by atoms with Gasteiger partial charge in [-0.1, -0.05) is 24.7 Å². The van der Waals surface area contributed by atoms with Crippen molar-refractivity contribution < 1.29 is 13.3 Å². The number of nitrogens with one attached hydrogen (secondary N) is 1. The van der Waals surface area contributed by atoms with Crippen LogP contribution in [0.4, 0.5) is 10.7 Å². The topological polar surface area (TPSA) is 115 Å². The summed E-state index contributed by atoms with van der Waals surface area (Å²) in [5, 5.41) is 10.9. The Morgan fingerprint density at radius 2 is 2.29 bits per heavy atom. The Balaban J connectivity index is 2.18. The zero-order valence-electron chi connectivity index (χ0n) is 11.4. The van der Waals surface area contributed by atoms with Gasteiger partial charge in [-0.25, -0.2) is 13.1 Å². The van der Waals surface area contributed by atoms with Gasteiger partial charge in [0.1, 0.15) is 4.21 Å². The van der Waals surface area contributed by atoms with Crippen LogP contribution in [-0.2, 0) is 10.0 Å². The van der Waals surface area contributed by atoms with Gasteiger partial charge in [-0.15, -0.1) is 0 Å². The predicted molar refractivity (Wildman–Crippen MR) is 85.3 cm³/mol. The van der Waals surface area contributed by atoms with E-state index in [1.54, 1.807) is 11.8 Å². The molecule has 0 radical (unpaired) electrons. The second-order valence-electron chi connectivity index (χ2n) is 4.72. The van der Waals surface area contributed by atoms with E-state index in [1.807, 2.05) is 6.92 Å². The van der Waals surface area contributed by atoms with Crippen LogP contribution in [0.1, 0.15) is 26.2 Å². The molecule has 1 fully saturated rings.